The van der Waals surface area contributed by atoms with E-state index in [1.165, 1.54) is 0 Å². The summed E-state index contributed by atoms with van der Waals surface area (Å²) in [5.41, 5.74) is -0.767. The van der Waals surface area contributed by atoms with Crippen LogP contribution >= 0.6 is 0 Å². The predicted octanol–water partition coefficient (Wildman–Crippen LogP) is -0.00890. The predicted molar refractivity (Wildman–Crippen MR) is 49.2 cm³/mol. The molecule has 0 radical (unpaired) electrons. The van der Waals surface area contributed by atoms with Crippen LogP contribution in [-0.4, -0.2) is 27.7 Å². The molecule has 1 aromatic rings. The van der Waals surface area contributed by atoms with Crippen molar-refractivity contribution in [1.29, 1.82) is 0 Å². The van der Waals surface area contributed by atoms with Crippen molar-refractivity contribution in [1.82, 2.24) is 14.9 Å². The highest BCUT2D eigenvalue weighted by Gasteiger charge is 2.34. The van der Waals surface area contributed by atoms with Gasteiger partial charge in [-0.1, -0.05) is 0 Å². The smallest absolute Gasteiger partial charge is 0.141 e. The zero-order valence-corrected chi connectivity index (χ0v) is 7.82. The molecule has 1 fully saturated rings. The second-order valence-electron chi connectivity index (χ2n) is 3.67. The second kappa shape index (κ2) is 3.12. The standard InChI is InChI=1S/C9H15N3O/c1-12-6-5-11-8(12)9(13)3-2-4-10-7-9/h5-6,10,13H,2-4,7H2,1H3. The number of hydrogen-bond acceptors (Lipinski definition) is 3. The number of nitrogens with one attached hydrogen (secondary N) is 1. The molecule has 2 heterocycles. The maximum Gasteiger partial charge on any atom is 0.141 e. The molecule has 1 aliphatic rings. The maximum atomic E-state index is 10.3. The molecule has 72 valence electrons. The SMILES string of the molecule is Cn1ccnc1C1(O)CCCNC1. The zero-order chi connectivity index (χ0) is 9.31. The van der Waals surface area contributed by atoms with Gasteiger partial charge in [-0.2, -0.15) is 0 Å². The van der Waals surface area contributed by atoms with Crippen LogP contribution in [0.1, 0.15) is 18.7 Å². The van der Waals surface area contributed by atoms with Gasteiger partial charge in [-0.3, -0.25) is 0 Å². The first-order valence-corrected chi connectivity index (χ1v) is 4.63. The third-order valence-corrected chi connectivity index (χ3v) is 2.60. The van der Waals surface area contributed by atoms with Gasteiger partial charge < -0.3 is 15.0 Å². The van der Waals surface area contributed by atoms with Crippen LogP contribution in [0.3, 0.4) is 0 Å². The molecule has 0 amide bonds. The molecule has 0 saturated carbocycles. The molecule has 0 aromatic carbocycles. The minimum atomic E-state index is -0.767. The summed E-state index contributed by atoms with van der Waals surface area (Å²) in [5.74, 6) is 0.764. The van der Waals surface area contributed by atoms with Gasteiger partial charge in [-0.05, 0) is 19.4 Å². The average molecular weight is 181 g/mol. The minimum Gasteiger partial charge on any atom is -0.381 e. The van der Waals surface area contributed by atoms with E-state index in [4.69, 9.17) is 0 Å². The molecule has 4 heteroatoms. The van der Waals surface area contributed by atoms with Crippen molar-refractivity contribution in [2.75, 3.05) is 13.1 Å². The lowest BCUT2D eigenvalue weighted by Crippen LogP contribution is -2.44. The van der Waals surface area contributed by atoms with Crippen LogP contribution in [0.25, 0.3) is 0 Å². The molecular formula is C9H15N3O. The van der Waals surface area contributed by atoms with Gasteiger partial charge in [-0.25, -0.2) is 4.98 Å². The minimum absolute atomic E-state index is 0.609. The molecule has 0 aliphatic carbocycles. The Hall–Kier alpha value is -0.870. The van der Waals surface area contributed by atoms with E-state index in [-0.39, 0.29) is 0 Å². The number of piperidine rings is 1. The molecule has 1 atom stereocenters. The van der Waals surface area contributed by atoms with Crippen molar-refractivity contribution in [2.45, 2.75) is 18.4 Å². The first-order chi connectivity index (χ1) is 6.22. The summed E-state index contributed by atoms with van der Waals surface area (Å²) >= 11 is 0. The lowest BCUT2D eigenvalue weighted by atomic mass is 9.93. The molecule has 1 aliphatic heterocycles. The Balaban J connectivity index is 2.27. The van der Waals surface area contributed by atoms with Gasteiger partial charge >= 0.3 is 0 Å². The van der Waals surface area contributed by atoms with Crippen molar-refractivity contribution in [2.24, 2.45) is 7.05 Å². The van der Waals surface area contributed by atoms with Gasteiger partial charge in [0.15, 0.2) is 0 Å². The highest BCUT2D eigenvalue weighted by Crippen LogP contribution is 2.26. The van der Waals surface area contributed by atoms with Crippen LogP contribution in [-0.2, 0) is 12.6 Å². The number of hydrogen-bond donors (Lipinski definition) is 2. The van der Waals surface area contributed by atoms with E-state index in [1.807, 2.05) is 17.8 Å². The molecule has 0 spiro atoms. The molecule has 2 N–H and O–H groups in total. The molecule has 1 saturated heterocycles. The van der Waals surface area contributed by atoms with E-state index in [2.05, 4.69) is 10.3 Å². The Labute approximate surface area is 77.6 Å². The van der Waals surface area contributed by atoms with Gasteiger partial charge in [-0.15, -0.1) is 0 Å². The van der Waals surface area contributed by atoms with Crippen molar-refractivity contribution in [3.8, 4) is 0 Å². The highest BCUT2D eigenvalue weighted by molar-refractivity contribution is 5.06. The van der Waals surface area contributed by atoms with Crippen molar-refractivity contribution in [3.05, 3.63) is 18.2 Å². The second-order valence-corrected chi connectivity index (χ2v) is 3.67. The van der Waals surface area contributed by atoms with Gasteiger partial charge in [0.2, 0.25) is 0 Å². The third kappa shape index (κ3) is 1.47. The summed E-state index contributed by atoms with van der Waals surface area (Å²) < 4.78 is 1.88. The Morgan fingerprint density at radius 2 is 2.54 bits per heavy atom. The monoisotopic (exact) mass is 181 g/mol. The summed E-state index contributed by atoms with van der Waals surface area (Å²) in [4.78, 5) is 4.18. The summed E-state index contributed by atoms with van der Waals surface area (Å²) in [5, 5.41) is 13.5. The molecule has 1 aromatic heterocycles. The number of aromatic nitrogens is 2. The number of imidazole rings is 1. The molecular weight excluding hydrogens is 166 g/mol. The molecule has 2 rings (SSSR count). The number of rotatable bonds is 1. The summed E-state index contributed by atoms with van der Waals surface area (Å²) in [6.45, 7) is 1.60. The van der Waals surface area contributed by atoms with Crippen molar-refractivity contribution >= 4 is 0 Å². The van der Waals surface area contributed by atoms with Gasteiger partial charge in [0.1, 0.15) is 11.4 Å². The molecule has 13 heavy (non-hydrogen) atoms. The van der Waals surface area contributed by atoms with Crippen LogP contribution < -0.4 is 5.32 Å². The topological polar surface area (TPSA) is 50.1 Å². The number of β-amino-alcohol motifs (C(OH)–C–C–N with tert-alkyl or cyclic N) is 1. The molecule has 4 nitrogen and oxygen atoms in total. The van der Waals surface area contributed by atoms with Crippen LogP contribution in [0.2, 0.25) is 0 Å². The van der Waals surface area contributed by atoms with Crippen molar-refractivity contribution < 1.29 is 5.11 Å². The van der Waals surface area contributed by atoms with E-state index in [9.17, 15) is 5.11 Å². The van der Waals surface area contributed by atoms with Gasteiger partial charge in [0, 0.05) is 26.0 Å². The highest BCUT2D eigenvalue weighted by atomic mass is 16.3. The van der Waals surface area contributed by atoms with E-state index in [0.29, 0.717) is 6.54 Å². The Morgan fingerprint density at radius 1 is 1.69 bits per heavy atom. The van der Waals surface area contributed by atoms with Crippen LogP contribution in [0.15, 0.2) is 12.4 Å². The molecule has 0 bridgehead atoms. The summed E-state index contributed by atoms with van der Waals surface area (Å²) in [6, 6.07) is 0. The fraction of sp³-hybridized carbons (Fsp3) is 0.667. The lowest BCUT2D eigenvalue weighted by molar-refractivity contribution is 0.00155. The van der Waals surface area contributed by atoms with E-state index in [1.54, 1.807) is 6.20 Å². The fourth-order valence-corrected chi connectivity index (χ4v) is 1.89. The van der Waals surface area contributed by atoms with E-state index >= 15 is 0 Å². The lowest BCUT2D eigenvalue weighted by Gasteiger charge is -2.31. The Morgan fingerprint density at radius 3 is 3.08 bits per heavy atom. The normalized spacial score (nSPS) is 29.1. The number of nitrogens with zero attached hydrogens (tertiary/aromatic N) is 2. The maximum absolute atomic E-state index is 10.3. The van der Waals surface area contributed by atoms with E-state index in [0.717, 1.165) is 25.2 Å². The van der Waals surface area contributed by atoms with Crippen LogP contribution in [0.4, 0.5) is 0 Å². The van der Waals surface area contributed by atoms with Crippen LogP contribution in [0.5, 0.6) is 0 Å². The van der Waals surface area contributed by atoms with E-state index < -0.39 is 5.60 Å². The van der Waals surface area contributed by atoms with Crippen molar-refractivity contribution in [3.63, 3.8) is 0 Å². The molecule has 1 unspecified atom stereocenters. The quantitative estimate of drug-likeness (QED) is 0.640. The first-order valence-electron chi connectivity index (χ1n) is 4.63. The fourth-order valence-electron chi connectivity index (χ4n) is 1.89. The largest absolute Gasteiger partial charge is 0.381 e. The number of aryl methyl sites for hydroxylation is 1. The summed E-state index contributed by atoms with van der Waals surface area (Å²) in [7, 11) is 1.91. The first kappa shape index (κ1) is 8.72. The van der Waals surface area contributed by atoms with Gasteiger partial charge in [0.05, 0.1) is 0 Å². The van der Waals surface area contributed by atoms with Crippen LogP contribution in [0, 0.1) is 0 Å². The van der Waals surface area contributed by atoms with Gasteiger partial charge in [0.25, 0.3) is 0 Å². The third-order valence-electron chi connectivity index (χ3n) is 2.60. The zero-order valence-electron chi connectivity index (χ0n) is 7.82. The Bertz CT molecular complexity index is 289. The number of aliphatic hydroxyl groups is 1. The average Bonchev–Trinajstić information content (AvgIpc) is 2.53. The summed E-state index contributed by atoms with van der Waals surface area (Å²) in [6.07, 6.45) is 5.39. The Kier molecular flexibility index (Phi) is 2.09.